The smallest absolute Gasteiger partial charge is 0.366 e. The van der Waals surface area contributed by atoms with Crippen molar-refractivity contribution in [2.45, 2.75) is 44.3 Å². The number of benzene rings is 2. The van der Waals surface area contributed by atoms with Crippen LogP contribution in [0.25, 0.3) is 5.69 Å². The highest BCUT2D eigenvalue weighted by molar-refractivity contribution is 5.94. The third kappa shape index (κ3) is 5.60. The number of nitrogens with two attached hydrogens (primary N) is 1. The predicted molar refractivity (Wildman–Crippen MR) is 118 cm³/mol. The fourth-order valence-corrected chi connectivity index (χ4v) is 4.45. The van der Waals surface area contributed by atoms with E-state index in [9.17, 15) is 18.0 Å². The van der Waals surface area contributed by atoms with Crippen molar-refractivity contribution in [1.29, 1.82) is 0 Å². The molecule has 1 heterocycles. The molecule has 0 spiro atoms. The van der Waals surface area contributed by atoms with Gasteiger partial charge >= 0.3 is 6.18 Å². The second kappa shape index (κ2) is 9.74. The SMILES string of the molecule is NC(=O)c1cc(C(F)(F)F)ccc1[C@H]1CC[C@H](CNCc2cnn(-c3ccccc3)n2)CC1. The summed E-state index contributed by atoms with van der Waals surface area (Å²) < 4.78 is 39.0. The molecular formula is C24H26F3N5O. The van der Waals surface area contributed by atoms with E-state index >= 15 is 0 Å². The van der Waals surface area contributed by atoms with Crippen LogP contribution in [0.3, 0.4) is 0 Å². The van der Waals surface area contributed by atoms with Crippen LogP contribution in [-0.4, -0.2) is 27.4 Å². The van der Waals surface area contributed by atoms with Crippen molar-refractivity contribution in [3.63, 3.8) is 0 Å². The van der Waals surface area contributed by atoms with Gasteiger partial charge < -0.3 is 11.1 Å². The molecule has 0 atom stereocenters. The molecule has 1 aliphatic rings. The molecule has 1 amide bonds. The first kappa shape index (κ1) is 23.0. The number of hydrogen-bond acceptors (Lipinski definition) is 4. The average molecular weight is 458 g/mol. The lowest BCUT2D eigenvalue weighted by Gasteiger charge is -2.30. The fraction of sp³-hybridized carbons (Fsp3) is 0.375. The maximum Gasteiger partial charge on any atom is 0.416 e. The molecule has 0 saturated heterocycles. The Morgan fingerprint density at radius 1 is 1.09 bits per heavy atom. The number of carbonyl (C=O) groups excluding carboxylic acids is 1. The Kier molecular flexibility index (Phi) is 6.78. The van der Waals surface area contributed by atoms with Gasteiger partial charge in [-0.25, -0.2) is 0 Å². The van der Waals surface area contributed by atoms with Gasteiger partial charge in [0.05, 0.1) is 23.1 Å². The van der Waals surface area contributed by atoms with E-state index in [4.69, 9.17) is 5.73 Å². The van der Waals surface area contributed by atoms with Crippen molar-refractivity contribution >= 4 is 5.91 Å². The van der Waals surface area contributed by atoms with Crippen LogP contribution < -0.4 is 11.1 Å². The molecule has 1 fully saturated rings. The highest BCUT2D eigenvalue weighted by Gasteiger charge is 2.33. The highest BCUT2D eigenvalue weighted by Crippen LogP contribution is 2.39. The minimum Gasteiger partial charge on any atom is -0.366 e. The Hall–Kier alpha value is -3.20. The Morgan fingerprint density at radius 2 is 1.82 bits per heavy atom. The minimum atomic E-state index is -4.50. The topological polar surface area (TPSA) is 85.8 Å². The lowest BCUT2D eigenvalue weighted by Crippen LogP contribution is -2.27. The Balaban J connectivity index is 1.29. The third-order valence-electron chi connectivity index (χ3n) is 6.20. The van der Waals surface area contributed by atoms with Gasteiger partial charge in [0.2, 0.25) is 5.91 Å². The normalized spacial score (nSPS) is 18.9. The van der Waals surface area contributed by atoms with Crippen LogP contribution in [0.2, 0.25) is 0 Å². The summed E-state index contributed by atoms with van der Waals surface area (Å²) in [5, 5.41) is 12.2. The van der Waals surface area contributed by atoms with Gasteiger partial charge in [-0.2, -0.15) is 28.2 Å². The molecule has 33 heavy (non-hydrogen) atoms. The van der Waals surface area contributed by atoms with E-state index in [1.807, 2.05) is 30.3 Å². The molecule has 0 bridgehead atoms. The van der Waals surface area contributed by atoms with Crippen LogP contribution in [0.4, 0.5) is 13.2 Å². The van der Waals surface area contributed by atoms with Crippen LogP contribution in [0.5, 0.6) is 0 Å². The van der Waals surface area contributed by atoms with Crippen molar-refractivity contribution in [3.8, 4) is 5.69 Å². The third-order valence-corrected chi connectivity index (χ3v) is 6.20. The van der Waals surface area contributed by atoms with E-state index in [1.54, 1.807) is 11.0 Å². The molecule has 4 rings (SSSR count). The van der Waals surface area contributed by atoms with Crippen LogP contribution in [0.1, 0.15) is 58.8 Å². The summed E-state index contributed by atoms with van der Waals surface area (Å²) in [6.45, 7) is 1.43. The van der Waals surface area contributed by atoms with Gasteiger partial charge in [-0.05, 0) is 73.9 Å². The second-order valence-electron chi connectivity index (χ2n) is 8.47. The van der Waals surface area contributed by atoms with E-state index in [-0.39, 0.29) is 11.5 Å². The molecule has 0 aliphatic heterocycles. The van der Waals surface area contributed by atoms with Crippen LogP contribution >= 0.6 is 0 Å². The van der Waals surface area contributed by atoms with Crippen LogP contribution in [-0.2, 0) is 12.7 Å². The average Bonchev–Trinajstić information content (AvgIpc) is 3.28. The molecule has 9 heteroatoms. The largest absolute Gasteiger partial charge is 0.416 e. The monoisotopic (exact) mass is 457 g/mol. The van der Waals surface area contributed by atoms with E-state index in [1.165, 1.54) is 6.07 Å². The molecule has 6 nitrogen and oxygen atoms in total. The Bertz CT molecular complexity index is 1090. The zero-order chi connectivity index (χ0) is 23.4. The first-order chi connectivity index (χ1) is 15.8. The van der Waals surface area contributed by atoms with Crippen molar-refractivity contribution < 1.29 is 18.0 Å². The molecule has 3 N–H and O–H groups in total. The quantitative estimate of drug-likeness (QED) is 0.549. The van der Waals surface area contributed by atoms with Gasteiger partial charge in [0.15, 0.2) is 0 Å². The standard InChI is InChI=1S/C24H26F3N5O/c25-24(26,27)18-10-11-21(22(12-18)23(28)33)17-8-6-16(7-9-17)13-29-14-19-15-30-32(31-19)20-4-2-1-3-5-20/h1-5,10-12,15-17,29H,6-9,13-14H2,(H2,28,33)/t16-,17-. The van der Waals surface area contributed by atoms with Gasteiger partial charge in [0.1, 0.15) is 0 Å². The summed E-state index contributed by atoms with van der Waals surface area (Å²) in [5.41, 5.74) is 6.90. The fourth-order valence-electron chi connectivity index (χ4n) is 4.45. The number of aromatic nitrogens is 3. The van der Waals surface area contributed by atoms with E-state index in [0.29, 0.717) is 18.0 Å². The summed E-state index contributed by atoms with van der Waals surface area (Å²) in [4.78, 5) is 13.4. The number of hydrogen-bond donors (Lipinski definition) is 2. The zero-order valence-corrected chi connectivity index (χ0v) is 18.1. The molecular weight excluding hydrogens is 431 g/mol. The van der Waals surface area contributed by atoms with E-state index in [2.05, 4.69) is 15.5 Å². The molecule has 174 valence electrons. The van der Waals surface area contributed by atoms with Gasteiger partial charge in [0, 0.05) is 12.1 Å². The molecule has 1 aliphatic carbocycles. The maximum atomic E-state index is 13.0. The number of amides is 1. The van der Waals surface area contributed by atoms with Crippen molar-refractivity contribution in [1.82, 2.24) is 20.3 Å². The van der Waals surface area contributed by atoms with Gasteiger partial charge in [0.25, 0.3) is 0 Å². The van der Waals surface area contributed by atoms with Crippen LogP contribution in [0, 0.1) is 5.92 Å². The number of nitrogens with one attached hydrogen (secondary N) is 1. The summed E-state index contributed by atoms with van der Waals surface area (Å²) in [6.07, 6.45) is 0.705. The first-order valence-corrected chi connectivity index (χ1v) is 11.0. The van der Waals surface area contributed by atoms with Gasteiger partial charge in [-0.3, -0.25) is 4.79 Å². The van der Waals surface area contributed by atoms with Crippen molar-refractivity contribution in [2.24, 2.45) is 11.7 Å². The number of nitrogens with zero attached hydrogens (tertiary/aromatic N) is 3. The maximum absolute atomic E-state index is 13.0. The van der Waals surface area contributed by atoms with Crippen molar-refractivity contribution in [3.05, 3.63) is 77.1 Å². The number of primary amides is 1. The first-order valence-electron chi connectivity index (χ1n) is 11.0. The number of rotatable bonds is 7. The minimum absolute atomic E-state index is 0.0205. The van der Waals surface area contributed by atoms with Crippen LogP contribution in [0.15, 0.2) is 54.7 Å². The second-order valence-corrected chi connectivity index (χ2v) is 8.47. The molecule has 1 aromatic heterocycles. The summed E-state index contributed by atoms with van der Waals surface area (Å²) in [5.74, 6) is -0.322. The lowest BCUT2D eigenvalue weighted by molar-refractivity contribution is -0.137. The van der Waals surface area contributed by atoms with E-state index < -0.39 is 17.6 Å². The zero-order valence-electron chi connectivity index (χ0n) is 18.1. The Labute approximate surface area is 190 Å². The van der Waals surface area contributed by atoms with Crippen molar-refractivity contribution in [2.75, 3.05) is 6.54 Å². The molecule has 0 unspecified atom stereocenters. The number of halogens is 3. The van der Waals surface area contributed by atoms with Gasteiger partial charge in [-0.1, -0.05) is 24.3 Å². The Morgan fingerprint density at radius 3 is 2.48 bits per heavy atom. The molecule has 0 radical (unpaired) electrons. The predicted octanol–water partition coefficient (Wildman–Crippen LogP) is 4.45. The lowest BCUT2D eigenvalue weighted by atomic mass is 9.77. The highest BCUT2D eigenvalue weighted by atomic mass is 19.4. The van der Waals surface area contributed by atoms with E-state index in [0.717, 1.165) is 55.7 Å². The summed E-state index contributed by atoms with van der Waals surface area (Å²) >= 11 is 0. The van der Waals surface area contributed by atoms with Gasteiger partial charge in [-0.15, -0.1) is 0 Å². The number of para-hydroxylation sites is 1. The molecule has 1 saturated carbocycles. The number of alkyl halides is 3. The summed E-state index contributed by atoms with van der Waals surface area (Å²) in [6, 6.07) is 13.0. The molecule has 3 aromatic rings. The number of carbonyl (C=O) groups is 1. The summed E-state index contributed by atoms with van der Waals surface area (Å²) in [7, 11) is 0. The molecule has 2 aromatic carbocycles.